The van der Waals surface area contributed by atoms with Crippen LogP contribution in [0.2, 0.25) is 0 Å². The molecular weight excluding hydrogens is 194 g/mol. The monoisotopic (exact) mass is 215 g/mol. The van der Waals surface area contributed by atoms with E-state index >= 15 is 0 Å². The molecule has 0 saturated carbocycles. The lowest BCUT2D eigenvalue weighted by atomic mass is 9.85. The summed E-state index contributed by atoms with van der Waals surface area (Å²) in [5.74, 6) is 0.0125. The van der Waals surface area contributed by atoms with E-state index in [1.54, 1.807) is 13.8 Å². The predicted octanol–water partition coefficient (Wildman–Crippen LogP) is 0.543. The second-order valence-electron chi connectivity index (χ2n) is 4.36. The van der Waals surface area contributed by atoms with Crippen LogP contribution in [-0.2, 0) is 9.53 Å². The van der Waals surface area contributed by atoms with Gasteiger partial charge in [0.25, 0.3) is 0 Å². The van der Waals surface area contributed by atoms with Crippen LogP contribution in [0.3, 0.4) is 0 Å². The Morgan fingerprint density at radius 2 is 2.13 bits per heavy atom. The Morgan fingerprint density at radius 1 is 1.53 bits per heavy atom. The largest absolute Gasteiger partial charge is 0.465 e. The number of hydrogen-bond donors (Lipinski definition) is 2. The molecule has 88 valence electrons. The maximum Gasteiger partial charge on any atom is 0.323 e. The van der Waals surface area contributed by atoms with Crippen molar-refractivity contribution in [2.45, 2.75) is 45.9 Å². The number of carbonyl (C=O) groups is 1. The summed E-state index contributed by atoms with van der Waals surface area (Å²) >= 11 is 0. The number of nitrogens with one attached hydrogen (secondary N) is 1. The van der Waals surface area contributed by atoms with E-state index in [0.717, 1.165) is 0 Å². The third-order valence-corrected chi connectivity index (χ3v) is 3.25. The molecule has 4 nitrogen and oxygen atoms in total. The minimum Gasteiger partial charge on any atom is -0.465 e. The molecule has 0 amide bonds. The summed E-state index contributed by atoms with van der Waals surface area (Å²) in [7, 11) is 0. The Labute approximate surface area is 91.0 Å². The number of carbonyl (C=O) groups excluding carboxylic acids is 1. The molecule has 1 heterocycles. The minimum absolute atomic E-state index is 0.110. The lowest BCUT2D eigenvalue weighted by Gasteiger charge is -2.22. The number of esters is 1. The fraction of sp³-hybridized carbons (Fsp3) is 0.909. The van der Waals surface area contributed by atoms with E-state index in [2.05, 4.69) is 5.32 Å². The normalized spacial score (nSPS) is 37.7. The quantitative estimate of drug-likeness (QED) is 0.675. The average molecular weight is 215 g/mol. The molecule has 0 unspecified atom stereocenters. The molecule has 1 rings (SSSR count). The number of ether oxygens (including phenoxy) is 1. The van der Waals surface area contributed by atoms with E-state index in [0.29, 0.717) is 6.61 Å². The van der Waals surface area contributed by atoms with Crippen molar-refractivity contribution in [2.75, 3.05) is 6.61 Å². The zero-order valence-corrected chi connectivity index (χ0v) is 9.86. The fourth-order valence-electron chi connectivity index (χ4n) is 2.60. The van der Waals surface area contributed by atoms with Crippen LogP contribution in [0.25, 0.3) is 0 Å². The van der Waals surface area contributed by atoms with E-state index in [4.69, 9.17) is 4.74 Å². The molecule has 15 heavy (non-hydrogen) atoms. The average Bonchev–Trinajstić information content (AvgIpc) is 2.42. The molecule has 2 N–H and O–H groups in total. The maximum absolute atomic E-state index is 11.6. The number of rotatable bonds is 3. The zero-order valence-electron chi connectivity index (χ0n) is 9.86. The molecule has 0 aromatic heterocycles. The molecule has 0 aliphatic carbocycles. The van der Waals surface area contributed by atoms with Crippen molar-refractivity contribution >= 4 is 5.97 Å². The summed E-state index contributed by atoms with van der Waals surface area (Å²) < 4.78 is 4.99. The van der Waals surface area contributed by atoms with Crippen molar-refractivity contribution in [2.24, 2.45) is 11.8 Å². The molecule has 1 aliphatic rings. The Hall–Kier alpha value is -0.610. The van der Waals surface area contributed by atoms with Gasteiger partial charge in [0.2, 0.25) is 0 Å². The van der Waals surface area contributed by atoms with Crippen LogP contribution in [0, 0.1) is 11.8 Å². The van der Waals surface area contributed by atoms with Crippen molar-refractivity contribution in [1.29, 1.82) is 0 Å². The van der Waals surface area contributed by atoms with Crippen LogP contribution in [0.5, 0.6) is 0 Å². The summed E-state index contributed by atoms with van der Waals surface area (Å²) in [5, 5.41) is 12.8. The van der Waals surface area contributed by atoms with Crippen molar-refractivity contribution in [3.05, 3.63) is 0 Å². The van der Waals surface area contributed by atoms with Gasteiger partial charge in [-0.1, -0.05) is 6.92 Å². The van der Waals surface area contributed by atoms with E-state index < -0.39 is 6.10 Å². The topological polar surface area (TPSA) is 58.6 Å². The van der Waals surface area contributed by atoms with Crippen LogP contribution in [0.4, 0.5) is 0 Å². The van der Waals surface area contributed by atoms with E-state index in [1.807, 2.05) is 13.8 Å². The molecular formula is C11H21NO3. The number of aliphatic hydroxyl groups is 1. The fourth-order valence-corrected chi connectivity index (χ4v) is 2.60. The lowest BCUT2D eigenvalue weighted by Crippen LogP contribution is -2.38. The van der Waals surface area contributed by atoms with Gasteiger partial charge in [0, 0.05) is 12.0 Å². The maximum atomic E-state index is 11.6. The third kappa shape index (κ3) is 2.49. The summed E-state index contributed by atoms with van der Waals surface area (Å²) in [4.78, 5) is 11.6. The van der Waals surface area contributed by atoms with Gasteiger partial charge in [-0.2, -0.15) is 0 Å². The highest BCUT2D eigenvalue weighted by atomic mass is 16.5. The molecule has 0 spiro atoms. The van der Waals surface area contributed by atoms with E-state index in [1.165, 1.54) is 0 Å². The van der Waals surface area contributed by atoms with Crippen molar-refractivity contribution in [3.63, 3.8) is 0 Å². The predicted molar refractivity (Wildman–Crippen MR) is 57.4 cm³/mol. The Bertz CT molecular complexity index is 230. The standard InChI is InChI=1S/C11H21NO3/c1-5-15-11(14)10-6(2)9(8(4)13)7(3)12-10/h6-10,12-13H,5H2,1-4H3/t6-,7-,8+,9-,10-/m0/s1. The number of aliphatic hydroxyl groups excluding tert-OH is 1. The van der Waals surface area contributed by atoms with Gasteiger partial charge in [0.1, 0.15) is 6.04 Å². The molecule has 1 fully saturated rings. The van der Waals surface area contributed by atoms with Crippen LogP contribution in [-0.4, -0.2) is 35.9 Å². The Morgan fingerprint density at radius 3 is 2.53 bits per heavy atom. The van der Waals surface area contributed by atoms with Crippen LogP contribution < -0.4 is 5.32 Å². The van der Waals surface area contributed by atoms with E-state index in [-0.39, 0.29) is 29.9 Å². The first-order valence-electron chi connectivity index (χ1n) is 5.59. The molecule has 1 aliphatic heterocycles. The molecule has 0 radical (unpaired) electrons. The summed E-state index contributed by atoms with van der Waals surface area (Å²) in [5.41, 5.74) is 0. The molecule has 0 aromatic rings. The van der Waals surface area contributed by atoms with Gasteiger partial charge in [-0.15, -0.1) is 0 Å². The smallest absolute Gasteiger partial charge is 0.323 e. The van der Waals surface area contributed by atoms with Gasteiger partial charge in [0.15, 0.2) is 0 Å². The Balaban J connectivity index is 2.68. The van der Waals surface area contributed by atoms with Crippen LogP contribution in [0.1, 0.15) is 27.7 Å². The van der Waals surface area contributed by atoms with Gasteiger partial charge >= 0.3 is 5.97 Å². The molecule has 0 bridgehead atoms. The van der Waals surface area contributed by atoms with Gasteiger partial charge in [-0.3, -0.25) is 4.79 Å². The van der Waals surface area contributed by atoms with Gasteiger partial charge in [-0.25, -0.2) is 0 Å². The first-order chi connectivity index (χ1) is 6.99. The highest BCUT2D eigenvalue weighted by molar-refractivity contribution is 5.76. The van der Waals surface area contributed by atoms with Crippen molar-refractivity contribution in [3.8, 4) is 0 Å². The highest BCUT2D eigenvalue weighted by Gasteiger charge is 2.44. The second kappa shape index (κ2) is 4.94. The SMILES string of the molecule is CCOC(=O)[C@H]1N[C@@H](C)[C@@H]([C@@H](C)O)[C@@H]1C. The lowest BCUT2D eigenvalue weighted by molar-refractivity contribution is -0.146. The summed E-state index contributed by atoms with van der Waals surface area (Å²) in [6.07, 6.45) is -0.401. The molecule has 0 aromatic carbocycles. The number of hydrogen-bond acceptors (Lipinski definition) is 4. The first-order valence-corrected chi connectivity index (χ1v) is 5.59. The third-order valence-electron chi connectivity index (χ3n) is 3.25. The summed E-state index contributed by atoms with van der Waals surface area (Å²) in [6, 6.07) is -0.131. The Kier molecular flexibility index (Phi) is 4.11. The molecule has 5 atom stereocenters. The van der Waals surface area contributed by atoms with Gasteiger partial charge in [-0.05, 0) is 26.7 Å². The second-order valence-corrected chi connectivity index (χ2v) is 4.36. The summed E-state index contributed by atoms with van der Waals surface area (Å²) in [6.45, 7) is 7.94. The molecule has 1 saturated heterocycles. The van der Waals surface area contributed by atoms with Gasteiger partial charge in [0.05, 0.1) is 12.7 Å². The minimum atomic E-state index is -0.401. The van der Waals surface area contributed by atoms with Crippen LogP contribution >= 0.6 is 0 Å². The zero-order chi connectivity index (χ0) is 11.6. The molecule has 4 heteroatoms. The van der Waals surface area contributed by atoms with Gasteiger partial charge < -0.3 is 15.2 Å². The van der Waals surface area contributed by atoms with E-state index in [9.17, 15) is 9.90 Å². The van der Waals surface area contributed by atoms with Crippen molar-refractivity contribution < 1.29 is 14.6 Å². The highest BCUT2D eigenvalue weighted by Crippen LogP contribution is 2.30. The van der Waals surface area contributed by atoms with Crippen molar-refractivity contribution in [1.82, 2.24) is 5.32 Å². The van der Waals surface area contributed by atoms with Crippen LogP contribution in [0.15, 0.2) is 0 Å². The first kappa shape index (κ1) is 12.5.